The summed E-state index contributed by atoms with van der Waals surface area (Å²) in [6.07, 6.45) is 0. The highest BCUT2D eigenvalue weighted by molar-refractivity contribution is 9.10. The summed E-state index contributed by atoms with van der Waals surface area (Å²) < 4.78 is 32.2. The summed E-state index contributed by atoms with van der Waals surface area (Å²) in [6.45, 7) is 0. The molecule has 0 aliphatic carbocycles. The molecule has 0 unspecified atom stereocenters. The molecular weight excluding hydrogens is 420 g/mol. The largest absolute Gasteiger partial charge is 0.478 e. The fourth-order valence-corrected chi connectivity index (χ4v) is 4.41. The molecule has 0 aromatic heterocycles. The monoisotopic (exact) mass is 432 g/mol. The number of para-hydroxylation sites is 1. The lowest BCUT2D eigenvalue weighted by molar-refractivity contribution is 0.0692. The van der Waals surface area contributed by atoms with Gasteiger partial charge in [0.15, 0.2) is 0 Å². The molecule has 0 saturated heterocycles. The van der Waals surface area contributed by atoms with Crippen LogP contribution < -0.4 is 4.74 Å². The van der Waals surface area contributed by atoms with Crippen LogP contribution in [-0.2, 0) is 9.84 Å². The minimum Gasteiger partial charge on any atom is -0.478 e. The third kappa shape index (κ3) is 3.79. The van der Waals surface area contributed by atoms with Crippen LogP contribution in [0.15, 0.2) is 87.1 Å². The lowest BCUT2D eigenvalue weighted by Gasteiger charge is -2.11. The van der Waals surface area contributed by atoms with E-state index in [-0.39, 0.29) is 21.1 Å². The standard InChI is InChI=1S/C19H13BrO5S/c20-13-5-4-8-16(11-13)26(23,24)18-12-15(9-10-17(18)19(21)22)25-14-6-2-1-3-7-14/h1-12H,(H,21,22). The highest BCUT2D eigenvalue weighted by Crippen LogP contribution is 2.31. The summed E-state index contributed by atoms with van der Waals surface area (Å²) in [5.74, 6) is -0.582. The van der Waals surface area contributed by atoms with Crippen molar-refractivity contribution in [1.82, 2.24) is 0 Å². The number of carboxylic acid groups (broad SMARTS) is 1. The summed E-state index contributed by atoms with van der Waals surface area (Å²) in [7, 11) is -4.04. The maximum atomic E-state index is 13.0. The number of hydrogen-bond acceptors (Lipinski definition) is 4. The first-order valence-corrected chi connectivity index (χ1v) is 9.76. The second-order valence-electron chi connectivity index (χ2n) is 5.34. The molecule has 3 aromatic rings. The number of benzene rings is 3. The number of aromatic carboxylic acids is 1. The Morgan fingerprint density at radius 1 is 0.885 bits per heavy atom. The molecule has 0 radical (unpaired) electrons. The molecule has 0 fully saturated rings. The zero-order chi connectivity index (χ0) is 18.7. The summed E-state index contributed by atoms with van der Waals surface area (Å²) in [5.41, 5.74) is -0.314. The van der Waals surface area contributed by atoms with Crippen LogP contribution >= 0.6 is 15.9 Å². The van der Waals surface area contributed by atoms with Crippen LogP contribution in [0.2, 0.25) is 0 Å². The normalized spacial score (nSPS) is 11.1. The van der Waals surface area contributed by atoms with Crippen molar-refractivity contribution < 1.29 is 23.1 Å². The van der Waals surface area contributed by atoms with Crippen LogP contribution in [0.5, 0.6) is 11.5 Å². The summed E-state index contributed by atoms with van der Waals surface area (Å²) in [6, 6.07) is 18.8. The first-order valence-electron chi connectivity index (χ1n) is 7.49. The van der Waals surface area contributed by atoms with Gasteiger partial charge in [-0.1, -0.05) is 40.2 Å². The van der Waals surface area contributed by atoms with E-state index in [2.05, 4.69) is 15.9 Å². The van der Waals surface area contributed by atoms with Crippen LogP contribution in [0.3, 0.4) is 0 Å². The van der Waals surface area contributed by atoms with Gasteiger partial charge in [-0.15, -0.1) is 0 Å². The van der Waals surface area contributed by atoms with E-state index < -0.39 is 15.8 Å². The van der Waals surface area contributed by atoms with Crippen molar-refractivity contribution in [3.8, 4) is 11.5 Å². The molecule has 0 heterocycles. The predicted octanol–water partition coefficient (Wildman–Crippen LogP) is 4.77. The summed E-state index contributed by atoms with van der Waals surface area (Å²) in [5, 5.41) is 9.40. The van der Waals surface area contributed by atoms with Crippen LogP contribution in [-0.4, -0.2) is 19.5 Å². The summed E-state index contributed by atoms with van der Waals surface area (Å²) in [4.78, 5) is 11.2. The average molecular weight is 433 g/mol. The first kappa shape index (κ1) is 18.2. The topological polar surface area (TPSA) is 80.7 Å². The van der Waals surface area contributed by atoms with Gasteiger partial charge in [-0.25, -0.2) is 13.2 Å². The van der Waals surface area contributed by atoms with Gasteiger partial charge in [0.2, 0.25) is 9.84 Å². The Balaban J connectivity index is 2.12. The number of carbonyl (C=O) groups is 1. The molecule has 0 amide bonds. The molecule has 132 valence electrons. The van der Waals surface area contributed by atoms with Crippen LogP contribution in [0, 0.1) is 0 Å². The second kappa shape index (κ2) is 7.31. The van der Waals surface area contributed by atoms with Crippen molar-refractivity contribution in [2.45, 2.75) is 9.79 Å². The van der Waals surface area contributed by atoms with E-state index in [0.717, 1.165) is 0 Å². The minimum atomic E-state index is -4.04. The van der Waals surface area contributed by atoms with Gasteiger partial charge in [-0.05, 0) is 42.5 Å². The van der Waals surface area contributed by atoms with Gasteiger partial charge in [0.1, 0.15) is 11.5 Å². The molecule has 1 N–H and O–H groups in total. The van der Waals surface area contributed by atoms with Crippen molar-refractivity contribution in [1.29, 1.82) is 0 Å². The third-order valence-electron chi connectivity index (χ3n) is 3.56. The van der Waals surface area contributed by atoms with Gasteiger partial charge < -0.3 is 9.84 Å². The van der Waals surface area contributed by atoms with Crippen molar-refractivity contribution in [3.63, 3.8) is 0 Å². The van der Waals surface area contributed by atoms with Gasteiger partial charge in [-0.2, -0.15) is 0 Å². The van der Waals surface area contributed by atoms with Crippen LogP contribution in [0.25, 0.3) is 0 Å². The zero-order valence-electron chi connectivity index (χ0n) is 13.3. The van der Waals surface area contributed by atoms with E-state index in [1.165, 1.54) is 30.3 Å². The summed E-state index contributed by atoms with van der Waals surface area (Å²) >= 11 is 3.23. The molecule has 5 nitrogen and oxygen atoms in total. The number of rotatable bonds is 5. The quantitative estimate of drug-likeness (QED) is 0.627. The Labute approximate surface area is 158 Å². The minimum absolute atomic E-state index is 0.00811. The first-order chi connectivity index (χ1) is 12.4. The number of ether oxygens (including phenoxy) is 1. The van der Waals surface area contributed by atoms with Crippen molar-refractivity contribution >= 4 is 31.7 Å². The number of carboxylic acids is 1. The fourth-order valence-electron chi connectivity index (χ4n) is 2.35. The molecule has 3 rings (SSSR count). The zero-order valence-corrected chi connectivity index (χ0v) is 15.7. The molecular formula is C19H13BrO5S. The Hall–Kier alpha value is -2.64. The molecule has 7 heteroatoms. The Kier molecular flexibility index (Phi) is 5.11. The molecule has 0 spiro atoms. The highest BCUT2D eigenvalue weighted by Gasteiger charge is 2.25. The number of hydrogen-bond donors (Lipinski definition) is 1. The van der Waals surface area contributed by atoms with Gasteiger partial charge in [0.05, 0.1) is 15.4 Å². The van der Waals surface area contributed by atoms with E-state index in [4.69, 9.17) is 4.74 Å². The molecule has 0 aliphatic heterocycles. The Bertz CT molecular complexity index is 1060. The Morgan fingerprint density at radius 3 is 2.27 bits per heavy atom. The van der Waals surface area contributed by atoms with Gasteiger partial charge in [-0.3, -0.25) is 0 Å². The predicted molar refractivity (Wildman–Crippen MR) is 99.5 cm³/mol. The maximum Gasteiger partial charge on any atom is 0.337 e. The van der Waals surface area contributed by atoms with E-state index >= 15 is 0 Å². The number of halogens is 1. The van der Waals surface area contributed by atoms with Crippen molar-refractivity contribution in [3.05, 3.63) is 82.8 Å². The number of sulfone groups is 1. The molecule has 3 aromatic carbocycles. The smallest absolute Gasteiger partial charge is 0.337 e. The van der Waals surface area contributed by atoms with Crippen LogP contribution in [0.1, 0.15) is 10.4 Å². The molecule has 0 atom stereocenters. The van der Waals surface area contributed by atoms with Gasteiger partial charge in [0.25, 0.3) is 0 Å². The van der Waals surface area contributed by atoms with Gasteiger partial charge >= 0.3 is 5.97 Å². The van der Waals surface area contributed by atoms with Gasteiger partial charge in [0, 0.05) is 10.5 Å². The van der Waals surface area contributed by atoms with Crippen LogP contribution in [0.4, 0.5) is 0 Å². The second-order valence-corrected chi connectivity index (χ2v) is 8.17. The lowest BCUT2D eigenvalue weighted by atomic mass is 10.2. The van der Waals surface area contributed by atoms with E-state index in [1.807, 2.05) is 6.07 Å². The average Bonchev–Trinajstić information content (AvgIpc) is 2.62. The van der Waals surface area contributed by atoms with E-state index in [9.17, 15) is 18.3 Å². The highest BCUT2D eigenvalue weighted by atomic mass is 79.9. The lowest BCUT2D eigenvalue weighted by Crippen LogP contribution is -2.10. The SMILES string of the molecule is O=C(O)c1ccc(Oc2ccccc2)cc1S(=O)(=O)c1cccc(Br)c1. The molecule has 0 aliphatic rings. The Morgan fingerprint density at radius 2 is 1.62 bits per heavy atom. The third-order valence-corrected chi connectivity index (χ3v) is 5.84. The fraction of sp³-hybridized carbons (Fsp3) is 0. The molecule has 0 saturated carbocycles. The van der Waals surface area contributed by atoms with E-state index in [0.29, 0.717) is 10.2 Å². The van der Waals surface area contributed by atoms with Crippen molar-refractivity contribution in [2.75, 3.05) is 0 Å². The maximum absolute atomic E-state index is 13.0. The van der Waals surface area contributed by atoms with Crippen molar-refractivity contribution in [2.24, 2.45) is 0 Å². The van der Waals surface area contributed by atoms with E-state index in [1.54, 1.807) is 36.4 Å². The molecule has 26 heavy (non-hydrogen) atoms. The molecule has 0 bridgehead atoms.